The lowest BCUT2D eigenvalue weighted by molar-refractivity contribution is -0.397. The monoisotopic (exact) mass is 493 g/mol. The third-order valence-corrected chi connectivity index (χ3v) is 6.24. The summed E-state index contributed by atoms with van der Waals surface area (Å²) in [7, 11) is -4.36. The van der Waals surface area contributed by atoms with Gasteiger partial charge >= 0.3 is 27.1 Å². The molecule has 34 heavy (non-hydrogen) atoms. The third kappa shape index (κ3) is 6.07. The molecule has 0 amide bonds. The standard InChI is InChI=1S/C22H27N3O8S/c1-6-7-14-34(31,32)33-23-18(13-10-16-8-11-17(12-9-16)22(3,4)5)19(24(27)28)15(2)20(21(23)26)25(29)30/h8-13H,6-7,14H2,1-5H3. The Hall–Kier alpha value is -3.54. The molecule has 0 bridgehead atoms. The van der Waals surface area contributed by atoms with Crippen molar-refractivity contribution in [3.05, 3.63) is 77.2 Å². The molecule has 0 fully saturated rings. The Morgan fingerprint density at radius 2 is 1.59 bits per heavy atom. The molecule has 0 N–H and O–H groups in total. The highest BCUT2D eigenvalue weighted by Gasteiger charge is 2.34. The number of rotatable bonds is 9. The maximum Gasteiger partial charge on any atom is 0.363 e. The van der Waals surface area contributed by atoms with Gasteiger partial charge in [-0.25, -0.2) is 0 Å². The smallest absolute Gasteiger partial charge is 0.283 e. The fourth-order valence-corrected chi connectivity index (χ4v) is 4.27. The first kappa shape index (κ1) is 26.7. The Morgan fingerprint density at radius 1 is 1.03 bits per heavy atom. The molecule has 1 heterocycles. The van der Waals surface area contributed by atoms with E-state index in [9.17, 15) is 33.4 Å². The zero-order valence-corrected chi connectivity index (χ0v) is 20.4. The lowest BCUT2D eigenvalue weighted by atomic mass is 9.87. The minimum absolute atomic E-state index is 0.0995. The van der Waals surface area contributed by atoms with E-state index in [2.05, 4.69) is 0 Å². The predicted molar refractivity (Wildman–Crippen MR) is 128 cm³/mol. The molecule has 0 atom stereocenters. The summed E-state index contributed by atoms with van der Waals surface area (Å²) in [6.45, 7) is 8.91. The Labute approximate surface area is 197 Å². The maximum atomic E-state index is 12.8. The number of nitro groups is 2. The maximum absolute atomic E-state index is 12.8. The van der Waals surface area contributed by atoms with E-state index in [0.717, 1.165) is 18.6 Å². The zero-order chi connectivity index (χ0) is 25.8. The molecular weight excluding hydrogens is 466 g/mol. The minimum atomic E-state index is -4.36. The van der Waals surface area contributed by atoms with Crippen LogP contribution in [0.5, 0.6) is 0 Å². The summed E-state index contributed by atoms with van der Waals surface area (Å²) in [6, 6.07) is 7.24. The summed E-state index contributed by atoms with van der Waals surface area (Å²) in [5.41, 5.74) is -2.85. The molecule has 1 aromatic heterocycles. The average Bonchev–Trinajstić information content (AvgIpc) is 2.72. The van der Waals surface area contributed by atoms with Crippen LogP contribution in [0.2, 0.25) is 0 Å². The van der Waals surface area contributed by atoms with Gasteiger partial charge in [0.2, 0.25) is 0 Å². The van der Waals surface area contributed by atoms with Crippen molar-refractivity contribution < 1.29 is 22.5 Å². The molecule has 0 saturated carbocycles. The second-order valence-corrected chi connectivity index (χ2v) is 10.4. The van der Waals surface area contributed by atoms with Crippen molar-refractivity contribution in [2.45, 2.75) is 52.9 Å². The second kappa shape index (κ2) is 10.2. The largest absolute Gasteiger partial charge is 0.363 e. The highest BCUT2D eigenvalue weighted by atomic mass is 32.2. The highest BCUT2D eigenvalue weighted by Crippen LogP contribution is 2.30. The summed E-state index contributed by atoms with van der Waals surface area (Å²) < 4.78 is 29.7. The lowest BCUT2D eigenvalue weighted by Gasteiger charge is -2.18. The van der Waals surface area contributed by atoms with Crippen LogP contribution in [0.1, 0.15) is 62.9 Å². The number of nitrogens with zero attached hydrogens (tertiary/aromatic N) is 3. The van der Waals surface area contributed by atoms with Crippen molar-refractivity contribution in [2.24, 2.45) is 0 Å². The first-order valence-corrected chi connectivity index (χ1v) is 12.1. The minimum Gasteiger partial charge on any atom is -0.283 e. The van der Waals surface area contributed by atoms with Gasteiger partial charge in [0.1, 0.15) is 5.56 Å². The highest BCUT2D eigenvalue weighted by molar-refractivity contribution is 7.86. The Kier molecular flexibility index (Phi) is 7.98. The van der Waals surface area contributed by atoms with Crippen molar-refractivity contribution in [1.29, 1.82) is 0 Å². The van der Waals surface area contributed by atoms with Crippen molar-refractivity contribution in [2.75, 3.05) is 5.75 Å². The molecule has 0 saturated heterocycles. The summed E-state index contributed by atoms with van der Waals surface area (Å²) in [5, 5.41) is 23.3. The molecule has 11 nitrogen and oxygen atoms in total. The van der Waals surface area contributed by atoms with Gasteiger partial charge in [-0.3, -0.25) is 29.3 Å². The van der Waals surface area contributed by atoms with Gasteiger partial charge < -0.3 is 0 Å². The fraction of sp³-hybridized carbons (Fsp3) is 0.409. The molecule has 0 aliphatic carbocycles. The van der Waals surface area contributed by atoms with Crippen LogP contribution < -0.4 is 9.84 Å². The first-order valence-electron chi connectivity index (χ1n) is 10.5. The normalized spacial score (nSPS) is 12.1. The van der Waals surface area contributed by atoms with Crippen molar-refractivity contribution >= 4 is 33.6 Å². The van der Waals surface area contributed by atoms with Gasteiger partial charge in [-0.15, -0.1) is 4.73 Å². The van der Waals surface area contributed by atoms with E-state index in [0.29, 0.717) is 12.0 Å². The number of aromatic nitrogens is 1. The van der Waals surface area contributed by atoms with Gasteiger partial charge in [-0.1, -0.05) is 64.5 Å². The molecule has 0 aliphatic heterocycles. The average molecular weight is 494 g/mol. The number of benzene rings is 1. The summed E-state index contributed by atoms with van der Waals surface area (Å²) in [4.78, 5) is 34.1. The van der Waals surface area contributed by atoms with Crippen LogP contribution in [0.4, 0.5) is 11.4 Å². The topological polar surface area (TPSA) is 152 Å². The van der Waals surface area contributed by atoms with Crippen LogP contribution in [0.25, 0.3) is 12.2 Å². The van der Waals surface area contributed by atoms with E-state index in [1.54, 1.807) is 19.1 Å². The van der Waals surface area contributed by atoms with E-state index < -0.39 is 53.9 Å². The van der Waals surface area contributed by atoms with E-state index in [4.69, 9.17) is 4.28 Å². The number of hydrogen-bond donors (Lipinski definition) is 0. The number of pyridine rings is 1. The lowest BCUT2D eigenvalue weighted by Crippen LogP contribution is -2.36. The van der Waals surface area contributed by atoms with Gasteiger partial charge in [0.05, 0.1) is 15.6 Å². The zero-order valence-electron chi connectivity index (χ0n) is 19.6. The molecule has 0 spiro atoms. The number of unbranched alkanes of at least 4 members (excludes halogenated alkanes) is 1. The van der Waals surface area contributed by atoms with E-state index in [1.807, 2.05) is 32.9 Å². The molecule has 0 radical (unpaired) electrons. The molecule has 0 unspecified atom stereocenters. The Morgan fingerprint density at radius 3 is 2.06 bits per heavy atom. The van der Waals surface area contributed by atoms with Crippen LogP contribution in [-0.2, 0) is 15.5 Å². The van der Waals surface area contributed by atoms with Crippen LogP contribution >= 0.6 is 0 Å². The summed E-state index contributed by atoms with van der Waals surface area (Å²) in [6.07, 6.45) is 3.27. The van der Waals surface area contributed by atoms with Crippen LogP contribution in [-0.4, -0.2) is 28.7 Å². The predicted octanol–water partition coefficient (Wildman–Crippen LogP) is 4.00. The Balaban J connectivity index is 2.75. The van der Waals surface area contributed by atoms with Crippen LogP contribution in [0.15, 0.2) is 29.1 Å². The molecule has 2 rings (SSSR count). The van der Waals surface area contributed by atoms with E-state index in [-0.39, 0.29) is 16.6 Å². The van der Waals surface area contributed by atoms with Gasteiger partial charge in [-0.2, -0.15) is 8.42 Å². The second-order valence-electron chi connectivity index (χ2n) is 8.72. The Bertz CT molecular complexity index is 1290. The summed E-state index contributed by atoms with van der Waals surface area (Å²) >= 11 is 0. The fourth-order valence-electron chi connectivity index (χ4n) is 3.17. The van der Waals surface area contributed by atoms with E-state index >= 15 is 0 Å². The van der Waals surface area contributed by atoms with Gasteiger partial charge in [0.15, 0.2) is 5.69 Å². The van der Waals surface area contributed by atoms with Crippen LogP contribution in [0.3, 0.4) is 0 Å². The van der Waals surface area contributed by atoms with Crippen molar-refractivity contribution in [3.8, 4) is 0 Å². The molecule has 2 aromatic rings. The molecule has 0 aliphatic rings. The quantitative estimate of drug-likeness (QED) is 0.375. The van der Waals surface area contributed by atoms with Gasteiger partial charge in [0, 0.05) is 0 Å². The summed E-state index contributed by atoms with van der Waals surface area (Å²) in [5.74, 6) is -0.469. The van der Waals surface area contributed by atoms with Gasteiger partial charge in [-0.05, 0) is 36.0 Å². The SMILES string of the molecule is CCCCS(=O)(=O)On1c(C=Cc2ccc(C(C)(C)C)cc2)c([N+](=O)[O-])c(C)c([N+](=O)[O-])c1=O. The number of hydrogen-bond acceptors (Lipinski definition) is 8. The molecule has 1 aromatic carbocycles. The molecule has 184 valence electrons. The van der Waals surface area contributed by atoms with Gasteiger partial charge in [0.25, 0.3) is 0 Å². The third-order valence-electron chi connectivity index (χ3n) is 5.07. The van der Waals surface area contributed by atoms with Crippen molar-refractivity contribution in [1.82, 2.24) is 4.73 Å². The molecule has 12 heteroatoms. The van der Waals surface area contributed by atoms with E-state index in [1.165, 1.54) is 6.08 Å². The van der Waals surface area contributed by atoms with Crippen LogP contribution in [0, 0.1) is 27.2 Å². The van der Waals surface area contributed by atoms with Crippen molar-refractivity contribution in [3.63, 3.8) is 0 Å². The molecular formula is C22H27N3O8S. The first-order chi connectivity index (χ1) is 15.7.